The molecule has 1 aromatic carbocycles. The molecule has 0 spiro atoms. The van der Waals surface area contributed by atoms with Crippen molar-refractivity contribution in [2.24, 2.45) is 13.0 Å². The second-order valence-corrected chi connectivity index (χ2v) is 9.94. The Labute approximate surface area is 190 Å². The number of thiophene rings is 1. The Morgan fingerprint density at radius 1 is 1.39 bits per heavy atom. The first-order valence-corrected chi connectivity index (χ1v) is 12.3. The van der Waals surface area contributed by atoms with Gasteiger partial charge >= 0.3 is 0 Å². The number of hydrogen-bond donors (Lipinski definition) is 1. The predicted molar refractivity (Wildman–Crippen MR) is 125 cm³/mol. The van der Waals surface area contributed by atoms with Crippen molar-refractivity contribution in [2.45, 2.75) is 44.2 Å². The summed E-state index contributed by atoms with van der Waals surface area (Å²) < 4.78 is 2.02. The fourth-order valence-electron chi connectivity index (χ4n) is 3.85. The third-order valence-electron chi connectivity index (χ3n) is 5.70. The van der Waals surface area contributed by atoms with Gasteiger partial charge in [0.25, 0.3) is 0 Å². The first kappa shape index (κ1) is 21.6. The number of rotatable bonds is 7. The van der Waals surface area contributed by atoms with Crippen LogP contribution in [0.4, 0.5) is 5.69 Å². The van der Waals surface area contributed by atoms with E-state index in [1.807, 2.05) is 23.0 Å². The quantitative estimate of drug-likeness (QED) is 0.508. The van der Waals surface area contributed by atoms with Crippen LogP contribution in [0, 0.1) is 17.2 Å². The van der Waals surface area contributed by atoms with Crippen LogP contribution in [-0.4, -0.2) is 26.4 Å². The Kier molecular flexibility index (Phi) is 6.73. The maximum absolute atomic E-state index is 12.3. The number of nitrogens with one attached hydrogen (secondary N) is 1. The second kappa shape index (κ2) is 9.67. The molecule has 4 rings (SSSR count). The molecule has 1 aliphatic rings. The molecule has 1 amide bonds. The number of thioether (sulfide) groups is 1. The van der Waals surface area contributed by atoms with Crippen molar-refractivity contribution >= 4 is 34.7 Å². The number of para-hydroxylation sites is 1. The molecule has 1 unspecified atom stereocenters. The van der Waals surface area contributed by atoms with Crippen molar-refractivity contribution in [3.05, 3.63) is 46.3 Å². The van der Waals surface area contributed by atoms with E-state index in [0.29, 0.717) is 23.4 Å². The lowest BCUT2D eigenvalue weighted by Crippen LogP contribution is -2.13. The Morgan fingerprint density at radius 3 is 3.03 bits per heavy atom. The summed E-state index contributed by atoms with van der Waals surface area (Å²) in [5, 5.41) is 21.5. The molecular weight excluding hydrogens is 426 g/mol. The van der Waals surface area contributed by atoms with Gasteiger partial charge in [-0.3, -0.25) is 4.79 Å². The molecule has 0 radical (unpaired) electrons. The van der Waals surface area contributed by atoms with Crippen LogP contribution in [0.5, 0.6) is 0 Å². The molecule has 6 nitrogen and oxygen atoms in total. The number of aromatic nitrogens is 3. The molecular formula is C23H25N5OS2. The summed E-state index contributed by atoms with van der Waals surface area (Å²) in [6.45, 7) is 2.28. The standard InChI is InChI=1S/C23H25N5OS2/c1-3-15-8-9-19-17(12-15)13-20(31-19)22-26-27-23(28(22)2)30-11-10-21(29)25-18-7-5-4-6-16(18)14-24/h4-7,13,15H,3,8-12H2,1-2H3,(H,25,29). The van der Waals surface area contributed by atoms with Crippen LogP contribution in [0.3, 0.4) is 0 Å². The van der Waals surface area contributed by atoms with Crippen molar-refractivity contribution < 1.29 is 4.79 Å². The number of carbonyl (C=O) groups excluding carboxylic acids is 1. The molecule has 0 fully saturated rings. The van der Waals surface area contributed by atoms with Crippen LogP contribution in [0.2, 0.25) is 0 Å². The number of carbonyl (C=O) groups is 1. The average Bonchev–Trinajstić information content (AvgIpc) is 3.36. The monoisotopic (exact) mass is 451 g/mol. The van der Waals surface area contributed by atoms with Gasteiger partial charge in [0.15, 0.2) is 11.0 Å². The van der Waals surface area contributed by atoms with Gasteiger partial charge in [-0.15, -0.1) is 21.5 Å². The topological polar surface area (TPSA) is 83.6 Å². The molecule has 2 heterocycles. The minimum absolute atomic E-state index is 0.117. The third-order valence-corrected chi connectivity index (χ3v) is 7.95. The summed E-state index contributed by atoms with van der Waals surface area (Å²) in [5.74, 6) is 2.16. The van der Waals surface area contributed by atoms with Crippen molar-refractivity contribution in [1.82, 2.24) is 14.8 Å². The number of nitriles is 1. The van der Waals surface area contributed by atoms with Crippen LogP contribution < -0.4 is 5.32 Å². The van der Waals surface area contributed by atoms with E-state index in [-0.39, 0.29) is 5.91 Å². The molecule has 2 aromatic heterocycles. The zero-order valence-electron chi connectivity index (χ0n) is 17.7. The number of amides is 1. The smallest absolute Gasteiger partial charge is 0.225 e. The van der Waals surface area contributed by atoms with Gasteiger partial charge in [0, 0.05) is 24.1 Å². The van der Waals surface area contributed by atoms with Crippen molar-refractivity contribution in [2.75, 3.05) is 11.1 Å². The lowest BCUT2D eigenvalue weighted by Gasteiger charge is -2.19. The summed E-state index contributed by atoms with van der Waals surface area (Å²) >= 11 is 3.36. The van der Waals surface area contributed by atoms with Crippen LogP contribution >= 0.6 is 23.1 Å². The average molecular weight is 452 g/mol. The highest BCUT2D eigenvalue weighted by Gasteiger charge is 2.22. The lowest BCUT2D eigenvalue weighted by molar-refractivity contribution is -0.115. The van der Waals surface area contributed by atoms with Gasteiger partial charge in [-0.25, -0.2) is 0 Å². The van der Waals surface area contributed by atoms with Gasteiger partial charge in [0.1, 0.15) is 6.07 Å². The van der Waals surface area contributed by atoms with Gasteiger partial charge in [-0.2, -0.15) is 5.26 Å². The van der Waals surface area contributed by atoms with Gasteiger partial charge in [0.05, 0.1) is 16.1 Å². The Morgan fingerprint density at radius 2 is 2.23 bits per heavy atom. The van der Waals surface area contributed by atoms with E-state index >= 15 is 0 Å². The number of benzene rings is 1. The largest absolute Gasteiger partial charge is 0.325 e. The van der Waals surface area contributed by atoms with Gasteiger partial charge in [-0.1, -0.05) is 37.2 Å². The van der Waals surface area contributed by atoms with E-state index in [9.17, 15) is 4.79 Å². The minimum Gasteiger partial charge on any atom is -0.325 e. The summed E-state index contributed by atoms with van der Waals surface area (Å²) in [4.78, 5) is 14.9. The third kappa shape index (κ3) is 4.83. The highest BCUT2D eigenvalue weighted by Crippen LogP contribution is 2.38. The Bertz CT molecular complexity index is 1130. The maximum atomic E-state index is 12.3. The van der Waals surface area contributed by atoms with Crippen LogP contribution in [0.25, 0.3) is 10.7 Å². The fourth-order valence-corrected chi connectivity index (χ4v) is 5.93. The normalized spacial score (nSPS) is 15.3. The molecule has 160 valence electrons. The van der Waals surface area contributed by atoms with E-state index in [2.05, 4.69) is 34.6 Å². The molecule has 0 saturated carbocycles. The predicted octanol–water partition coefficient (Wildman–Crippen LogP) is 5.05. The van der Waals surface area contributed by atoms with Gasteiger partial charge in [0.2, 0.25) is 5.91 Å². The molecule has 0 bridgehead atoms. The molecule has 3 aromatic rings. The van der Waals surface area contributed by atoms with Crippen LogP contribution in [0.1, 0.15) is 42.2 Å². The summed E-state index contributed by atoms with van der Waals surface area (Å²) in [7, 11) is 1.98. The molecule has 31 heavy (non-hydrogen) atoms. The maximum Gasteiger partial charge on any atom is 0.225 e. The van der Waals surface area contributed by atoms with Crippen molar-refractivity contribution in [3.8, 4) is 16.8 Å². The number of anilines is 1. The van der Waals surface area contributed by atoms with Crippen LogP contribution in [-0.2, 0) is 24.7 Å². The fraction of sp³-hybridized carbons (Fsp3) is 0.391. The molecule has 1 N–H and O–H groups in total. The van der Waals surface area contributed by atoms with E-state index in [4.69, 9.17) is 5.26 Å². The van der Waals surface area contributed by atoms with E-state index in [1.165, 1.54) is 52.8 Å². The van der Waals surface area contributed by atoms with Gasteiger partial charge < -0.3 is 9.88 Å². The zero-order chi connectivity index (χ0) is 21.8. The zero-order valence-corrected chi connectivity index (χ0v) is 19.4. The van der Waals surface area contributed by atoms with Crippen molar-refractivity contribution in [3.63, 3.8) is 0 Å². The highest BCUT2D eigenvalue weighted by atomic mass is 32.2. The summed E-state index contributed by atoms with van der Waals surface area (Å²) in [5.41, 5.74) is 2.49. The van der Waals surface area contributed by atoms with E-state index in [1.54, 1.807) is 24.3 Å². The molecule has 0 saturated heterocycles. The van der Waals surface area contributed by atoms with Gasteiger partial charge in [-0.05, 0) is 48.9 Å². The highest BCUT2D eigenvalue weighted by molar-refractivity contribution is 7.99. The Hall–Kier alpha value is -2.63. The number of aryl methyl sites for hydroxylation is 1. The SMILES string of the molecule is CCC1CCc2sc(-c3nnc(SCCC(=O)Nc4ccccc4C#N)n3C)cc2C1. The van der Waals surface area contributed by atoms with E-state index in [0.717, 1.165) is 16.9 Å². The molecule has 1 atom stereocenters. The first-order valence-electron chi connectivity index (χ1n) is 10.5. The number of hydrogen-bond acceptors (Lipinski definition) is 6. The molecule has 1 aliphatic carbocycles. The number of fused-ring (bicyclic) bond motifs is 1. The Balaban J connectivity index is 1.36. The number of nitrogens with zero attached hydrogens (tertiary/aromatic N) is 4. The molecule has 8 heteroatoms. The summed E-state index contributed by atoms with van der Waals surface area (Å²) in [6.07, 6.45) is 5.20. The van der Waals surface area contributed by atoms with E-state index < -0.39 is 0 Å². The molecule has 0 aliphatic heterocycles. The summed E-state index contributed by atoms with van der Waals surface area (Å²) in [6, 6.07) is 11.4. The lowest BCUT2D eigenvalue weighted by atomic mass is 9.87. The van der Waals surface area contributed by atoms with Crippen LogP contribution in [0.15, 0.2) is 35.5 Å². The van der Waals surface area contributed by atoms with Crippen molar-refractivity contribution in [1.29, 1.82) is 5.26 Å². The first-order chi connectivity index (χ1) is 15.1. The second-order valence-electron chi connectivity index (χ2n) is 7.75. The minimum atomic E-state index is -0.117.